The maximum atomic E-state index is 11.4. The summed E-state index contributed by atoms with van der Waals surface area (Å²) < 4.78 is 0. The first kappa shape index (κ1) is 15.0. The van der Waals surface area contributed by atoms with Crippen LogP contribution in [0, 0.1) is 0 Å². The van der Waals surface area contributed by atoms with Crippen LogP contribution in [0.1, 0.15) is 13.8 Å². The predicted molar refractivity (Wildman–Crippen MR) is 54.5 cm³/mol. The topological polar surface area (TPSA) is 81.3 Å². The van der Waals surface area contributed by atoms with Gasteiger partial charge in [-0.3, -0.25) is 9.59 Å². The zero-order chi connectivity index (χ0) is 11.4. The maximum absolute atomic E-state index is 11.4. The molecule has 2 N–H and O–H groups in total. The third-order valence-corrected chi connectivity index (χ3v) is 1.64. The van der Waals surface area contributed by atoms with Crippen LogP contribution in [0.4, 0.5) is 11.4 Å². The third-order valence-electron chi connectivity index (χ3n) is 1.64. The van der Waals surface area contributed by atoms with Crippen LogP contribution in [0.15, 0.2) is 18.2 Å². The number of amides is 2. The van der Waals surface area contributed by atoms with E-state index in [1.54, 1.807) is 6.07 Å². The van der Waals surface area contributed by atoms with Crippen molar-refractivity contribution in [3.8, 4) is 5.75 Å². The van der Waals surface area contributed by atoms with E-state index in [0.29, 0.717) is 5.69 Å². The molecule has 1 rings (SSSR count). The summed E-state index contributed by atoms with van der Waals surface area (Å²) in [4.78, 5) is 21.7. The second kappa shape index (κ2) is 6.52. The molecule has 16 heavy (non-hydrogen) atoms. The van der Waals surface area contributed by atoms with E-state index in [4.69, 9.17) is 0 Å². The minimum atomic E-state index is -0.357. The van der Waals surface area contributed by atoms with Crippen molar-refractivity contribution >= 4 is 23.2 Å². The van der Waals surface area contributed by atoms with E-state index in [0.717, 1.165) is 0 Å². The van der Waals surface area contributed by atoms with E-state index >= 15 is 0 Å². The van der Waals surface area contributed by atoms with Gasteiger partial charge in [0, 0.05) is 13.8 Å². The molecule has 0 aromatic heterocycles. The minimum absolute atomic E-state index is 0. The van der Waals surface area contributed by atoms with Gasteiger partial charge in [0.05, 0.1) is 11.4 Å². The van der Waals surface area contributed by atoms with Gasteiger partial charge in [0.1, 0.15) is 0 Å². The average molecular weight is 230 g/mol. The fraction of sp³-hybridized carbons (Fsp3) is 0.200. The van der Waals surface area contributed by atoms with Crippen molar-refractivity contribution in [1.82, 2.24) is 0 Å². The van der Waals surface area contributed by atoms with E-state index in [9.17, 15) is 14.7 Å². The average Bonchev–Trinajstić information content (AvgIpc) is 2.09. The fourth-order valence-electron chi connectivity index (χ4n) is 1.13. The van der Waals surface area contributed by atoms with E-state index in [2.05, 4.69) is 10.6 Å². The molecule has 0 bridgehead atoms. The molecule has 0 spiro atoms. The molecule has 0 atom stereocenters. The number of hydrogen-bond donors (Lipinski definition) is 2. The Morgan fingerprint density at radius 2 is 1.69 bits per heavy atom. The molecule has 0 saturated carbocycles. The number of nitrogens with one attached hydrogen (secondary N) is 2. The van der Waals surface area contributed by atoms with E-state index in [1.807, 2.05) is 0 Å². The van der Waals surface area contributed by atoms with Crippen LogP contribution in [0.5, 0.6) is 5.75 Å². The van der Waals surface area contributed by atoms with Crippen LogP contribution in [-0.2, 0) is 9.59 Å². The van der Waals surface area contributed by atoms with Crippen molar-refractivity contribution in [2.45, 2.75) is 13.8 Å². The first-order valence-corrected chi connectivity index (χ1v) is 4.36. The number of benzene rings is 1. The van der Waals surface area contributed by atoms with Gasteiger partial charge in [-0.1, -0.05) is 17.9 Å². The van der Waals surface area contributed by atoms with Crippen molar-refractivity contribution in [1.29, 1.82) is 0 Å². The Morgan fingerprint density at radius 1 is 1.12 bits per heavy atom. The normalized spacial score (nSPS) is 8.88. The van der Waals surface area contributed by atoms with E-state index in [1.165, 1.54) is 26.0 Å². The summed E-state index contributed by atoms with van der Waals surface area (Å²) in [6.07, 6.45) is 0. The summed E-state index contributed by atoms with van der Waals surface area (Å²) in [5.74, 6) is -0.992. The molecule has 0 aliphatic heterocycles. The molecule has 80 valence electrons. The van der Waals surface area contributed by atoms with Crippen molar-refractivity contribution < 1.29 is 44.3 Å². The molecule has 0 aliphatic rings. The number of anilines is 2. The van der Waals surface area contributed by atoms with Crippen LogP contribution in [0.3, 0.4) is 0 Å². The van der Waals surface area contributed by atoms with Gasteiger partial charge in [0.15, 0.2) is 0 Å². The Hall–Kier alpha value is -1.04. The first-order valence-electron chi connectivity index (χ1n) is 4.36. The standard InChI is InChI=1S/C10H12N2O3.Na/c1-6(13)11-8-4-3-5-9(15)10(8)12-7(2)14;/h3-5,15H,1-2H3,(H,11,13)(H,12,14);/q;+1/p-1. The maximum Gasteiger partial charge on any atom is 1.00 e. The van der Waals surface area contributed by atoms with Crippen molar-refractivity contribution in [2.24, 2.45) is 0 Å². The van der Waals surface area contributed by atoms with Gasteiger partial charge in [-0.25, -0.2) is 0 Å². The Kier molecular flexibility index (Phi) is 6.10. The van der Waals surface area contributed by atoms with Gasteiger partial charge in [0.2, 0.25) is 11.8 Å². The second-order valence-electron chi connectivity index (χ2n) is 3.04. The number of carbonyl (C=O) groups excluding carboxylic acids is 2. The first-order chi connectivity index (χ1) is 7.00. The third kappa shape index (κ3) is 4.22. The van der Waals surface area contributed by atoms with Crippen LogP contribution < -0.4 is 45.3 Å². The van der Waals surface area contributed by atoms with Gasteiger partial charge in [0.25, 0.3) is 0 Å². The number of rotatable bonds is 2. The SMILES string of the molecule is CC(=O)Nc1cccc([O-])c1NC(C)=O.[Na+]. The smallest absolute Gasteiger partial charge is 0.871 e. The van der Waals surface area contributed by atoms with Gasteiger partial charge in [-0.2, -0.15) is 0 Å². The summed E-state index contributed by atoms with van der Waals surface area (Å²) in [5.41, 5.74) is 0.408. The minimum Gasteiger partial charge on any atom is -0.871 e. The van der Waals surface area contributed by atoms with Crippen LogP contribution in [0.25, 0.3) is 0 Å². The second-order valence-corrected chi connectivity index (χ2v) is 3.04. The quantitative estimate of drug-likeness (QED) is 0.560. The molecule has 0 saturated heterocycles. The van der Waals surface area contributed by atoms with Crippen molar-refractivity contribution in [3.05, 3.63) is 18.2 Å². The van der Waals surface area contributed by atoms with Gasteiger partial charge in [-0.05, 0) is 6.07 Å². The Bertz CT molecular complexity index is 407. The molecule has 2 amide bonds. The molecular weight excluding hydrogens is 219 g/mol. The molecule has 1 aromatic carbocycles. The summed E-state index contributed by atoms with van der Waals surface area (Å²) in [6.45, 7) is 2.62. The molecule has 1 aromatic rings. The Balaban J connectivity index is 0.00000225. The summed E-state index contributed by atoms with van der Waals surface area (Å²) in [6, 6.07) is 4.38. The zero-order valence-corrected chi connectivity index (χ0v) is 11.5. The Morgan fingerprint density at radius 3 is 2.19 bits per heavy atom. The van der Waals surface area contributed by atoms with Gasteiger partial charge >= 0.3 is 29.6 Å². The zero-order valence-electron chi connectivity index (χ0n) is 9.46. The number of carbonyl (C=O) groups is 2. The summed E-state index contributed by atoms with van der Waals surface area (Å²) >= 11 is 0. The van der Waals surface area contributed by atoms with Crippen LogP contribution >= 0.6 is 0 Å². The summed E-state index contributed by atoms with van der Waals surface area (Å²) in [5, 5.41) is 16.2. The monoisotopic (exact) mass is 230 g/mol. The molecule has 0 radical (unpaired) electrons. The molecule has 0 aliphatic carbocycles. The molecule has 0 fully saturated rings. The molecular formula is C10H11N2NaO3. The Labute approximate surface area is 116 Å². The van der Waals surface area contributed by atoms with Crippen molar-refractivity contribution in [3.63, 3.8) is 0 Å². The molecule has 5 nitrogen and oxygen atoms in total. The van der Waals surface area contributed by atoms with Crippen molar-refractivity contribution in [2.75, 3.05) is 10.6 Å². The molecule has 6 heteroatoms. The van der Waals surface area contributed by atoms with E-state index < -0.39 is 0 Å². The van der Waals surface area contributed by atoms with Gasteiger partial charge in [-0.15, -0.1) is 0 Å². The van der Waals surface area contributed by atoms with E-state index in [-0.39, 0.29) is 52.8 Å². The number of hydrogen-bond acceptors (Lipinski definition) is 3. The molecule has 0 heterocycles. The number of para-hydroxylation sites is 1. The largest absolute Gasteiger partial charge is 1.00 e. The molecule has 0 unspecified atom stereocenters. The van der Waals surface area contributed by atoms with Crippen LogP contribution in [0.2, 0.25) is 0 Å². The van der Waals surface area contributed by atoms with Crippen LogP contribution in [-0.4, -0.2) is 11.8 Å². The fourth-order valence-corrected chi connectivity index (χ4v) is 1.13. The van der Waals surface area contributed by atoms with Gasteiger partial charge < -0.3 is 15.7 Å². The predicted octanol–water partition coefficient (Wildman–Crippen LogP) is -2.32. The summed E-state index contributed by atoms with van der Waals surface area (Å²) in [7, 11) is 0.